The van der Waals surface area contributed by atoms with Gasteiger partial charge < -0.3 is 15.8 Å². The third kappa shape index (κ3) is 2.48. The number of benzene rings is 2. The summed E-state index contributed by atoms with van der Waals surface area (Å²) >= 11 is 6.14. The molecule has 0 saturated heterocycles. The summed E-state index contributed by atoms with van der Waals surface area (Å²) in [5.74, 6) is 1.16. The number of anilines is 1. The molecular formula is C16H15ClN2O2. The van der Waals surface area contributed by atoms with Crippen LogP contribution in [0.3, 0.4) is 0 Å². The fourth-order valence-corrected chi connectivity index (χ4v) is 2.54. The van der Waals surface area contributed by atoms with Crippen molar-refractivity contribution in [3.05, 3.63) is 52.0 Å². The average Bonchev–Trinajstić information content (AvgIpc) is 2.71. The Balaban J connectivity index is 1.90. The van der Waals surface area contributed by atoms with E-state index in [9.17, 15) is 4.79 Å². The third-order valence-electron chi connectivity index (χ3n) is 3.55. The van der Waals surface area contributed by atoms with Crippen molar-refractivity contribution in [1.29, 1.82) is 0 Å². The van der Waals surface area contributed by atoms with Crippen molar-refractivity contribution in [3.8, 4) is 11.5 Å². The molecular weight excluding hydrogens is 288 g/mol. The Morgan fingerprint density at radius 3 is 2.48 bits per heavy atom. The molecule has 3 N–H and O–H groups in total. The van der Waals surface area contributed by atoms with Crippen LogP contribution in [0.1, 0.15) is 22.7 Å². The minimum Gasteiger partial charge on any atom is -0.457 e. The Kier molecular flexibility index (Phi) is 3.35. The van der Waals surface area contributed by atoms with Gasteiger partial charge in [0.2, 0.25) is 5.91 Å². The minimum atomic E-state index is -0.603. The van der Waals surface area contributed by atoms with Crippen LogP contribution < -0.4 is 15.8 Å². The Morgan fingerprint density at radius 1 is 1.14 bits per heavy atom. The average molecular weight is 303 g/mol. The fraction of sp³-hybridized carbons (Fsp3) is 0.188. The fourth-order valence-electron chi connectivity index (χ4n) is 2.43. The Labute approximate surface area is 127 Å². The molecule has 0 saturated carbocycles. The summed E-state index contributed by atoms with van der Waals surface area (Å²) in [5, 5.41) is 3.49. The van der Waals surface area contributed by atoms with Crippen molar-refractivity contribution in [1.82, 2.24) is 0 Å². The van der Waals surface area contributed by atoms with Gasteiger partial charge in [0.05, 0.1) is 0 Å². The molecule has 0 spiro atoms. The van der Waals surface area contributed by atoms with Crippen molar-refractivity contribution in [3.63, 3.8) is 0 Å². The van der Waals surface area contributed by atoms with Crippen LogP contribution in [0.15, 0.2) is 30.3 Å². The molecule has 1 atom stereocenters. The Hall–Kier alpha value is -2.04. The van der Waals surface area contributed by atoms with E-state index in [4.69, 9.17) is 22.1 Å². The first-order chi connectivity index (χ1) is 9.95. The maximum Gasteiger partial charge on any atom is 0.245 e. The van der Waals surface area contributed by atoms with Crippen LogP contribution in [-0.4, -0.2) is 5.91 Å². The number of nitrogens with one attached hydrogen (secondary N) is 1. The number of ether oxygens (including phenoxy) is 1. The van der Waals surface area contributed by atoms with Crippen molar-refractivity contribution in [2.75, 3.05) is 5.32 Å². The van der Waals surface area contributed by atoms with Gasteiger partial charge in [0, 0.05) is 22.3 Å². The first-order valence-corrected chi connectivity index (χ1v) is 6.98. The number of carbonyl (C=O) groups is 1. The van der Waals surface area contributed by atoms with E-state index in [0.29, 0.717) is 17.2 Å². The topological polar surface area (TPSA) is 64.3 Å². The van der Waals surface area contributed by atoms with Crippen LogP contribution in [0.5, 0.6) is 11.5 Å². The summed E-state index contributed by atoms with van der Waals surface area (Å²) in [6.07, 6.45) is 0. The van der Waals surface area contributed by atoms with E-state index < -0.39 is 6.04 Å². The minimum absolute atomic E-state index is 0.194. The number of rotatable bonds is 2. The summed E-state index contributed by atoms with van der Waals surface area (Å²) in [6.45, 7) is 3.87. The molecule has 0 fully saturated rings. The number of aryl methyl sites for hydroxylation is 2. The first-order valence-electron chi connectivity index (χ1n) is 6.60. The van der Waals surface area contributed by atoms with E-state index in [1.807, 2.05) is 32.0 Å². The number of carbonyl (C=O) groups excluding carboxylic acids is 1. The largest absolute Gasteiger partial charge is 0.457 e. The lowest BCUT2D eigenvalue weighted by molar-refractivity contribution is -0.116. The Bertz CT molecular complexity index is 720. The molecule has 21 heavy (non-hydrogen) atoms. The van der Waals surface area contributed by atoms with Gasteiger partial charge in [-0.3, -0.25) is 4.79 Å². The number of hydrogen-bond donors (Lipinski definition) is 2. The predicted octanol–water partition coefficient (Wildman–Crippen LogP) is 3.70. The molecule has 0 bridgehead atoms. The van der Waals surface area contributed by atoms with E-state index in [1.54, 1.807) is 12.1 Å². The van der Waals surface area contributed by atoms with Gasteiger partial charge in [-0.05, 0) is 43.2 Å². The van der Waals surface area contributed by atoms with E-state index in [1.165, 1.54) is 0 Å². The van der Waals surface area contributed by atoms with Gasteiger partial charge in [0.25, 0.3) is 0 Å². The van der Waals surface area contributed by atoms with Crippen LogP contribution in [-0.2, 0) is 4.79 Å². The van der Waals surface area contributed by atoms with Gasteiger partial charge in [-0.1, -0.05) is 17.7 Å². The zero-order valence-electron chi connectivity index (χ0n) is 11.7. The molecule has 108 valence electrons. The molecule has 1 aliphatic rings. The van der Waals surface area contributed by atoms with E-state index in [-0.39, 0.29) is 5.91 Å². The second kappa shape index (κ2) is 5.06. The maximum atomic E-state index is 11.5. The molecule has 5 heteroatoms. The lowest BCUT2D eigenvalue weighted by atomic mass is 10.1. The molecule has 1 unspecified atom stereocenters. The van der Waals surface area contributed by atoms with Crippen molar-refractivity contribution in [2.45, 2.75) is 19.9 Å². The summed E-state index contributed by atoms with van der Waals surface area (Å²) in [7, 11) is 0. The molecule has 1 heterocycles. The molecule has 0 aliphatic carbocycles. The van der Waals surface area contributed by atoms with E-state index in [0.717, 1.165) is 21.7 Å². The van der Waals surface area contributed by atoms with Gasteiger partial charge in [-0.25, -0.2) is 0 Å². The molecule has 0 radical (unpaired) electrons. The zero-order valence-corrected chi connectivity index (χ0v) is 12.5. The van der Waals surface area contributed by atoms with Crippen LogP contribution >= 0.6 is 11.6 Å². The molecule has 3 rings (SSSR count). The maximum absolute atomic E-state index is 11.5. The number of halogens is 1. The van der Waals surface area contributed by atoms with Gasteiger partial charge in [0.15, 0.2) is 0 Å². The summed E-state index contributed by atoms with van der Waals surface area (Å²) < 4.78 is 5.84. The van der Waals surface area contributed by atoms with Crippen molar-refractivity contribution >= 4 is 23.2 Å². The number of fused-ring (bicyclic) bond motifs is 1. The second-order valence-corrected chi connectivity index (χ2v) is 5.57. The van der Waals surface area contributed by atoms with E-state index >= 15 is 0 Å². The second-order valence-electron chi connectivity index (χ2n) is 5.19. The predicted molar refractivity (Wildman–Crippen MR) is 83.0 cm³/mol. The van der Waals surface area contributed by atoms with Gasteiger partial charge >= 0.3 is 0 Å². The molecule has 1 aliphatic heterocycles. The molecule has 4 nitrogen and oxygen atoms in total. The van der Waals surface area contributed by atoms with Crippen LogP contribution in [0, 0.1) is 13.8 Å². The summed E-state index contributed by atoms with van der Waals surface area (Å²) in [5.41, 5.74) is 9.19. The molecule has 1 amide bonds. The van der Waals surface area contributed by atoms with Crippen molar-refractivity contribution < 1.29 is 9.53 Å². The lowest BCUT2D eigenvalue weighted by Crippen LogP contribution is -2.19. The standard InChI is InChI=1S/C16H15ClN2O2/c1-8-5-11(6-9(2)14(8)17)21-10-3-4-12-13(7-10)19-16(20)15(12)18/h3-7,15H,18H2,1-2H3,(H,19,20). The van der Waals surface area contributed by atoms with Gasteiger partial charge in [-0.2, -0.15) is 0 Å². The summed E-state index contributed by atoms with van der Waals surface area (Å²) in [4.78, 5) is 11.5. The number of amides is 1. The van der Waals surface area contributed by atoms with E-state index in [2.05, 4.69) is 5.32 Å². The third-order valence-corrected chi connectivity index (χ3v) is 4.14. The molecule has 0 aromatic heterocycles. The smallest absolute Gasteiger partial charge is 0.245 e. The van der Waals surface area contributed by atoms with Gasteiger partial charge in [0.1, 0.15) is 17.5 Å². The Morgan fingerprint density at radius 2 is 1.81 bits per heavy atom. The van der Waals surface area contributed by atoms with Crippen LogP contribution in [0.25, 0.3) is 0 Å². The summed E-state index contributed by atoms with van der Waals surface area (Å²) in [6, 6.07) is 8.55. The normalized spacial score (nSPS) is 16.6. The first kappa shape index (κ1) is 13.9. The zero-order chi connectivity index (χ0) is 15.1. The van der Waals surface area contributed by atoms with Crippen LogP contribution in [0.4, 0.5) is 5.69 Å². The highest BCUT2D eigenvalue weighted by atomic mass is 35.5. The number of nitrogens with two attached hydrogens (primary N) is 1. The van der Waals surface area contributed by atoms with Crippen LogP contribution in [0.2, 0.25) is 5.02 Å². The van der Waals surface area contributed by atoms with Gasteiger partial charge in [-0.15, -0.1) is 0 Å². The molecule has 2 aromatic rings. The SMILES string of the molecule is Cc1cc(Oc2ccc3c(c2)NC(=O)C3N)cc(C)c1Cl. The quantitative estimate of drug-likeness (QED) is 0.889. The monoisotopic (exact) mass is 302 g/mol. The van der Waals surface area contributed by atoms with Crippen molar-refractivity contribution in [2.24, 2.45) is 5.73 Å². The lowest BCUT2D eigenvalue weighted by Gasteiger charge is -2.11. The highest BCUT2D eigenvalue weighted by Crippen LogP contribution is 2.35. The number of hydrogen-bond acceptors (Lipinski definition) is 3. The molecule has 2 aromatic carbocycles. The highest BCUT2D eigenvalue weighted by Gasteiger charge is 2.27. The highest BCUT2D eigenvalue weighted by molar-refractivity contribution is 6.32.